The number of nitrogens with zero attached hydrogens (tertiary/aromatic N) is 1. The zero-order valence-electron chi connectivity index (χ0n) is 14.0. The first-order chi connectivity index (χ1) is 11.8. The van der Waals surface area contributed by atoms with E-state index in [1.54, 1.807) is 0 Å². The third-order valence-corrected chi connectivity index (χ3v) is 4.30. The second kappa shape index (κ2) is 7.86. The number of hydrogen-bond acceptors (Lipinski definition) is 4. The van der Waals surface area contributed by atoms with Gasteiger partial charge in [-0.25, -0.2) is 4.79 Å². The van der Waals surface area contributed by atoms with Gasteiger partial charge in [0.1, 0.15) is 6.04 Å². The number of aryl methyl sites for hydroxylation is 1. The number of rotatable bonds is 5. The van der Waals surface area contributed by atoms with Crippen LogP contribution in [0.5, 0.6) is 0 Å². The Morgan fingerprint density at radius 1 is 1.20 bits per heavy atom. The molecule has 0 radical (unpaired) electrons. The third kappa shape index (κ3) is 4.72. The van der Waals surface area contributed by atoms with Crippen LogP contribution in [0.2, 0.25) is 0 Å². The van der Waals surface area contributed by atoms with Crippen molar-refractivity contribution in [2.45, 2.75) is 37.6 Å². The zero-order chi connectivity index (χ0) is 18.6. The van der Waals surface area contributed by atoms with Crippen LogP contribution in [0, 0.1) is 0 Å². The summed E-state index contributed by atoms with van der Waals surface area (Å²) in [6.07, 6.45) is -3.87. The van der Waals surface area contributed by atoms with Gasteiger partial charge in [0.25, 0.3) is 0 Å². The highest BCUT2D eigenvalue weighted by Gasteiger charge is 2.40. The Hall–Kier alpha value is -2.09. The zero-order valence-corrected chi connectivity index (χ0v) is 14.0. The quantitative estimate of drug-likeness (QED) is 0.758. The SMILES string of the molecule is COC(=O)C1CC(OC)CN1C(=O)CCc1ccc(C(F)(F)F)cc1. The minimum atomic E-state index is -4.38. The summed E-state index contributed by atoms with van der Waals surface area (Å²) in [5, 5.41) is 0. The van der Waals surface area contributed by atoms with Crippen molar-refractivity contribution in [1.82, 2.24) is 4.90 Å². The van der Waals surface area contributed by atoms with Crippen LogP contribution in [0.3, 0.4) is 0 Å². The molecule has 2 unspecified atom stereocenters. The average Bonchev–Trinajstić information content (AvgIpc) is 3.03. The summed E-state index contributed by atoms with van der Waals surface area (Å²) in [7, 11) is 2.77. The van der Waals surface area contributed by atoms with Crippen LogP contribution in [-0.4, -0.2) is 49.7 Å². The van der Waals surface area contributed by atoms with E-state index in [-0.39, 0.29) is 18.4 Å². The van der Waals surface area contributed by atoms with Crippen LogP contribution in [0.15, 0.2) is 24.3 Å². The molecule has 2 atom stereocenters. The molecule has 0 aromatic heterocycles. The molecule has 0 N–H and O–H groups in total. The Morgan fingerprint density at radius 3 is 2.36 bits per heavy atom. The molecule has 1 amide bonds. The molecule has 8 heteroatoms. The Balaban J connectivity index is 1.97. The highest BCUT2D eigenvalue weighted by Crippen LogP contribution is 2.29. The molecule has 5 nitrogen and oxygen atoms in total. The Kier molecular flexibility index (Phi) is 6.05. The fraction of sp³-hybridized carbons (Fsp3) is 0.529. The van der Waals surface area contributed by atoms with Crippen molar-refractivity contribution in [1.29, 1.82) is 0 Å². The molecule has 0 spiro atoms. The van der Waals surface area contributed by atoms with Crippen molar-refractivity contribution in [2.24, 2.45) is 0 Å². The second-order valence-corrected chi connectivity index (χ2v) is 5.87. The van der Waals surface area contributed by atoms with E-state index in [1.165, 1.54) is 31.3 Å². The van der Waals surface area contributed by atoms with Gasteiger partial charge in [-0.2, -0.15) is 13.2 Å². The number of amides is 1. The van der Waals surface area contributed by atoms with E-state index in [0.717, 1.165) is 12.1 Å². The van der Waals surface area contributed by atoms with Gasteiger partial charge in [-0.3, -0.25) is 4.79 Å². The lowest BCUT2D eigenvalue weighted by Crippen LogP contribution is -2.41. The van der Waals surface area contributed by atoms with Crippen LogP contribution < -0.4 is 0 Å². The predicted molar refractivity (Wildman–Crippen MR) is 82.7 cm³/mol. The van der Waals surface area contributed by atoms with Crippen molar-refractivity contribution in [3.63, 3.8) is 0 Å². The van der Waals surface area contributed by atoms with Crippen LogP contribution in [0.4, 0.5) is 13.2 Å². The fourth-order valence-electron chi connectivity index (χ4n) is 2.86. The summed E-state index contributed by atoms with van der Waals surface area (Å²) in [4.78, 5) is 25.7. The molecule has 1 heterocycles. The first kappa shape index (κ1) is 19.2. The van der Waals surface area contributed by atoms with Crippen LogP contribution in [0.25, 0.3) is 0 Å². The number of alkyl halides is 3. The molecule has 1 aromatic rings. The largest absolute Gasteiger partial charge is 0.467 e. The number of methoxy groups -OCH3 is 2. The molecule has 0 saturated carbocycles. The molecular formula is C17H20F3NO4. The van der Waals surface area contributed by atoms with E-state index in [1.807, 2.05) is 0 Å². The molecule has 2 rings (SSSR count). The summed E-state index contributed by atoms with van der Waals surface area (Å²) in [5.74, 6) is -0.753. The normalized spacial score (nSPS) is 20.6. The van der Waals surface area contributed by atoms with Gasteiger partial charge in [0.05, 0.1) is 18.8 Å². The maximum atomic E-state index is 12.5. The van der Waals surface area contributed by atoms with Crippen molar-refractivity contribution in [3.05, 3.63) is 35.4 Å². The molecular weight excluding hydrogens is 339 g/mol. The fourth-order valence-corrected chi connectivity index (χ4v) is 2.86. The minimum absolute atomic E-state index is 0.0926. The number of esters is 1. The van der Waals surface area contributed by atoms with Crippen LogP contribution in [-0.2, 0) is 31.7 Å². The van der Waals surface area contributed by atoms with E-state index in [2.05, 4.69) is 0 Å². The molecule has 1 aromatic carbocycles. The summed E-state index contributed by atoms with van der Waals surface area (Å²) < 4.78 is 47.6. The monoisotopic (exact) mass is 359 g/mol. The molecule has 0 bridgehead atoms. The smallest absolute Gasteiger partial charge is 0.416 e. The number of carbonyl (C=O) groups is 2. The number of halogens is 3. The Bertz CT molecular complexity index is 615. The molecule has 138 valence electrons. The van der Waals surface area contributed by atoms with Gasteiger partial charge in [0, 0.05) is 26.5 Å². The third-order valence-electron chi connectivity index (χ3n) is 4.30. The molecule has 0 aliphatic carbocycles. The highest BCUT2D eigenvalue weighted by atomic mass is 19.4. The van der Waals surface area contributed by atoms with Gasteiger partial charge in [-0.1, -0.05) is 12.1 Å². The van der Waals surface area contributed by atoms with Gasteiger partial charge < -0.3 is 14.4 Å². The predicted octanol–water partition coefficient (Wildman–Crippen LogP) is 2.43. The lowest BCUT2D eigenvalue weighted by atomic mass is 10.1. The number of carbonyl (C=O) groups excluding carboxylic acids is 2. The van der Waals surface area contributed by atoms with Crippen molar-refractivity contribution >= 4 is 11.9 Å². The second-order valence-electron chi connectivity index (χ2n) is 5.87. The van der Waals surface area contributed by atoms with Crippen LogP contribution >= 0.6 is 0 Å². The van der Waals surface area contributed by atoms with Crippen molar-refractivity contribution in [2.75, 3.05) is 20.8 Å². The molecule has 1 saturated heterocycles. The van der Waals surface area contributed by atoms with E-state index in [4.69, 9.17) is 9.47 Å². The van der Waals surface area contributed by atoms with Crippen molar-refractivity contribution < 1.29 is 32.2 Å². The molecule has 1 aliphatic heterocycles. The van der Waals surface area contributed by atoms with E-state index in [0.29, 0.717) is 24.9 Å². The average molecular weight is 359 g/mol. The molecule has 25 heavy (non-hydrogen) atoms. The van der Waals surface area contributed by atoms with E-state index in [9.17, 15) is 22.8 Å². The summed E-state index contributed by atoms with van der Waals surface area (Å²) in [6.45, 7) is 0.294. The van der Waals surface area contributed by atoms with Gasteiger partial charge in [-0.15, -0.1) is 0 Å². The summed E-state index contributed by atoms with van der Waals surface area (Å²) in [5.41, 5.74) is -0.103. The number of likely N-dealkylation sites (tertiary alicyclic amines) is 1. The Labute approximate surface area is 143 Å². The van der Waals surface area contributed by atoms with Crippen LogP contribution in [0.1, 0.15) is 24.0 Å². The van der Waals surface area contributed by atoms with Gasteiger partial charge >= 0.3 is 12.1 Å². The highest BCUT2D eigenvalue weighted by molar-refractivity contribution is 5.85. The number of hydrogen-bond donors (Lipinski definition) is 0. The topological polar surface area (TPSA) is 55.8 Å². The van der Waals surface area contributed by atoms with Gasteiger partial charge in [-0.05, 0) is 24.1 Å². The lowest BCUT2D eigenvalue weighted by molar-refractivity contribution is -0.150. The minimum Gasteiger partial charge on any atom is -0.467 e. The van der Waals surface area contributed by atoms with E-state index < -0.39 is 23.8 Å². The maximum Gasteiger partial charge on any atom is 0.416 e. The number of ether oxygens (including phenoxy) is 2. The Morgan fingerprint density at radius 2 is 1.84 bits per heavy atom. The summed E-state index contributed by atoms with van der Waals surface area (Å²) in [6, 6.07) is 4.02. The first-order valence-corrected chi connectivity index (χ1v) is 7.82. The molecule has 1 fully saturated rings. The summed E-state index contributed by atoms with van der Waals surface area (Å²) >= 11 is 0. The standard InChI is InChI=1S/C17H20F3NO4/c1-24-13-9-14(16(23)25-2)21(10-13)15(22)8-5-11-3-6-12(7-4-11)17(18,19)20/h3-4,6-7,13-14H,5,8-10H2,1-2H3. The first-order valence-electron chi connectivity index (χ1n) is 7.82. The lowest BCUT2D eigenvalue weighted by Gasteiger charge is -2.22. The maximum absolute atomic E-state index is 12.5. The number of benzene rings is 1. The van der Waals surface area contributed by atoms with E-state index >= 15 is 0 Å². The van der Waals surface area contributed by atoms with Gasteiger partial charge in [0.2, 0.25) is 5.91 Å². The van der Waals surface area contributed by atoms with Crippen molar-refractivity contribution in [3.8, 4) is 0 Å². The molecule has 1 aliphatic rings. The van der Waals surface area contributed by atoms with Gasteiger partial charge in [0.15, 0.2) is 0 Å².